The Kier molecular flexibility index (Phi) is 3.73. The molecule has 1 aliphatic rings. The van der Waals surface area contributed by atoms with Crippen LogP contribution in [0.3, 0.4) is 0 Å². The van der Waals surface area contributed by atoms with Crippen LogP contribution in [-0.2, 0) is 4.79 Å². The lowest BCUT2D eigenvalue weighted by Crippen LogP contribution is -2.40. The number of carbonyl (C=O) groups is 1. The van der Waals surface area contributed by atoms with Gasteiger partial charge in [0.15, 0.2) is 0 Å². The highest BCUT2D eigenvalue weighted by Gasteiger charge is 2.25. The zero-order valence-corrected chi connectivity index (χ0v) is 9.50. The van der Waals surface area contributed by atoms with E-state index in [9.17, 15) is 4.79 Å². The van der Waals surface area contributed by atoms with Crippen molar-refractivity contribution in [3.63, 3.8) is 0 Å². The molecule has 1 rings (SSSR count). The molecule has 0 aromatic carbocycles. The summed E-state index contributed by atoms with van der Waals surface area (Å²) in [6.45, 7) is 5.92. The van der Waals surface area contributed by atoms with Crippen LogP contribution in [0.15, 0.2) is 11.3 Å². The predicted octanol–water partition coefficient (Wildman–Crippen LogP) is 0.872. The maximum atomic E-state index is 11.5. The quantitative estimate of drug-likeness (QED) is 0.552. The SMILES string of the molecule is CNC(=O)C(C#N)=C(C(C)C)N1CCC1. The summed E-state index contributed by atoms with van der Waals surface area (Å²) in [5, 5.41) is 11.5. The fourth-order valence-electron chi connectivity index (χ4n) is 1.72. The van der Waals surface area contributed by atoms with Crippen molar-refractivity contribution in [2.75, 3.05) is 20.1 Å². The van der Waals surface area contributed by atoms with Crippen LogP contribution in [0.25, 0.3) is 0 Å². The third-order valence-corrected chi connectivity index (χ3v) is 2.57. The molecule has 1 amide bonds. The molecular weight excluding hydrogens is 190 g/mol. The number of likely N-dealkylation sites (tertiary alicyclic amines) is 1. The number of nitriles is 1. The van der Waals surface area contributed by atoms with E-state index in [2.05, 4.69) is 10.2 Å². The molecule has 1 fully saturated rings. The second-order valence-electron chi connectivity index (χ2n) is 3.95. The van der Waals surface area contributed by atoms with Crippen molar-refractivity contribution in [3.05, 3.63) is 11.3 Å². The summed E-state index contributed by atoms with van der Waals surface area (Å²) in [7, 11) is 1.55. The zero-order chi connectivity index (χ0) is 11.4. The Balaban J connectivity index is 3.05. The first-order valence-electron chi connectivity index (χ1n) is 5.23. The number of carbonyl (C=O) groups excluding carboxylic acids is 1. The summed E-state index contributed by atoms with van der Waals surface area (Å²) >= 11 is 0. The van der Waals surface area contributed by atoms with Crippen LogP contribution in [0.1, 0.15) is 20.3 Å². The Morgan fingerprint density at radius 2 is 2.07 bits per heavy atom. The van der Waals surface area contributed by atoms with Crippen molar-refractivity contribution in [2.24, 2.45) is 5.92 Å². The minimum Gasteiger partial charge on any atom is -0.373 e. The van der Waals surface area contributed by atoms with Gasteiger partial charge in [-0.25, -0.2) is 0 Å². The number of nitrogens with one attached hydrogen (secondary N) is 1. The highest BCUT2D eigenvalue weighted by atomic mass is 16.1. The van der Waals surface area contributed by atoms with Gasteiger partial charge in [0.2, 0.25) is 0 Å². The number of rotatable bonds is 3. The first-order chi connectivity index (χ1) is 7.11. The number of nitrogens with zero attached hydrogens (tertiary/aromatic N) is 2. The number of amides is 1. The number of allylic oxidation sites excluding steroid dienone is 1. The van der Waals surface area contributed by atoms with Crippen LogP contribution >= 0.6 is 0 Å². The molecule has 0 aromatic heterocycles. The molecule has 0 radical (unpaired) electrons. The standard InChI is InChI=1S/C11H17N3O/c1-8(2)10(14-5-4-6-14)9(7-12)11(15)13-3/h8H,4-6H2,1-3H3,(H,13,15). The second kappa shape index (κ2) is 4.83. The van der Waals surface area contributed by atoms with Gasteiger partial charge >= 0.3 is 0 Å². The Labute approximate surface area is 90.6 Å². The number of hydrogen-bond acceptors (Lipinski definition) is 3. The van der Waals surface area contributed by atoms with E-state index < -0.39 is 0 Å². The van der Waals surface area contributed by atoms with Gasteiger partial charge in [-0.3, -0.25) is 4.79 Å². The third kappa shape index (κ3) is 2.30. The van der Waals surface area contributed by atoms with Gasteiger partial charge in [-0.15, -0.1) is 0 Å². The van der Waals surface area contributed by atoms with Crippen molar-refractivity contribution in [2.45, 2.75) is 20.3 Å². The summed E-state index contributed by atoms with van der Waals surface area (Å²) in [6.07, 6.45) is 1.14. The van der Waals surface area contributed by atoms with E-state index in [0.717, 1.165) is 25.2 Å². The third-order valence-electron chi connectivity index (χ3n) is 2.57. The molecule has 1 heterocycles. The van der Waals surface area contributed by atoms with Gasteiger partial charge in [0, 0.05) is 25.8 Å². The minimum atomic E-state index is -0.284. The molecule has 0 aliphatic carbocycles. The molecule has 1 aliphatic heterocycles. The fraction of sp³-hybridized carbons (Fsp3) is 0.636. The molecule has 0 atom stereocenters. The van der Waals surface area contributed by atoms with Crippen LogP contribution in [0.4, 0.5) is 0 Å². The number of hydrogen-bond donors (Lipinski definition) is 1. The lowest BCUT2D eigenvalue weighted by Gasteiger charge is -2.37. The molecule has 0 spiro atoms. The predicted molar refractivity (Wildman–Crippen MR) is 57.7 cm³/mol. The van der Waals surface area contributed by atoms with E-state index in [1.54, 1.807) is 7.05 Å². The molecule has 0 saturated carbocycles. The Bertz CT molecular complexity index is 321. The fourth-order valence-corrected chi connectivity index (χ4v) is 1.72. The molecule has 0 aromatic rings. The van der Waals surface area contributed by atoms with Gasteiger partial charge in [0.05, 0.1) is 0 Å². The largest absolute Gasteiger partial charge is 0.373 e. The maximum Gasteiger partial charge on any atom is 0.263 e. The van der Waals surface area contributed by atoms with Gasteiger partial charge in [0.25, 0.3) is 5.91 Å². The molecule has 0 bridgehead atoms. The first kappa shape index (κ1) is 11.6. The van der Waals surface area contributed by atoms with E-state index in [1.807, 2.05) is 19.9 Å². The molecule has 1 saturated heterocycles. The van der Waals surface area contributed by atoms with Crippen LogP contribution in [0.2, 0.25) is 0 Å². The van der Waals surface area contributed by atoms with Gasteiger partial charge < -0.3 is 10.2 Å². The summed E-state index contributed by atoms with van der Waals surface area (Å²) < 4.78 is 0. The Hall–Kier alpha value is -1.50. The molecule has 15 heavy (non-hydrogen) atoms. The molecule has 4 heteroatoms. The lowest BCUT2D eigenvalue weighted by molar-refractivity contribution is -0.116. The van der Waals surface area contributed by atoms with Crippen molar-refractivity contribution in [1.29, 1.82) is 5.26 Å². The van der Waals surface area contributed by atoms with Gasteiger partial charge in [-0.2, -0.15) is 5.26 Å². The summed E-state index contributed by atoms with van der Waals surface area (Å²) in [4.78, 5) is 13.6. The van der Waals surface area contributed by atoms with Gasteiger partial charge in [-0.05, 0) is 12.3 Å². The maximum absolute atomic E-state index is 11.5. The average molecular weight is 207 g/mol. The Morgan fingerprint density at radius 1 is 1.47 bits per heavy atom. The molecular formula is C11H17N3O. The summed E-state index contributed by atoms with van der Waals surface area (Å²) in [5.74, 6) is -0.0784. The van der Waals surface area contributed by atoms with Crippen molar-refractivity contribution in [1.82, 2.24) is 10.2 Å². The van der Waals surface area contributed by atoms with Crippen molar-refractivity contribution >= 4 is 5.91 Å². The van der Waals surface area contributed by atoms with Crippen LogP contribution in [0, 0.1) is 17.2 Å². The van der Waals surface area contributed by atoms with E-state index in [-0.39, 0.29) is 17.4 Å². The smallest absolute Gasteiger partial charge is 0.263 e. The Morgan fingerprint density at radius 3 is 2.33 bits per heavy atom. The lowest BCUT2D eigenvalue weighted by atomic mass is 9.99. The number of likely N-dealkylation sites (N-methyl/N-ethyl adjacent to an activating group) is 1. The molecule has 4 nitrogen and oxygen atoms in total. The van der Waals surface area contributed by atoms with Gasteiger partial charge in [-0.1, -0.05) is 13.8 Å². The van der Waals surface area contributed by atoms with Crippen molar-refractivity contribution < 1.29 is 4.79 Å². The van der Waals surface area contributed by atoms with Crippen molar-refractivity contribution in [3.8, 4) is 6.07 Å². The second-order valence-corrected chi connectivity index (χ2v) is 3.95. The van der Waals surface area contributed by atoms with Gasteiger partial charge in [0.1, 0.15) is 11.6 Å². The van der Waals surface area contributed by atoms with E-state index in [1.165, 1.54) is 0 Å². The summed E-state index contributed by atoms with van der Waals surface area (Å²) in [6, 6.07) is 2.01. The minimum absolute atomic E-state index is 0.206. The van der Waals surface area contributed by atoms with Crippen LogP contribution < -0.4 is 5.32 Å². The molecule has 1 N–H and O–H groups in total. The normalized spacial score (nSPS) is 16.6. The van der Waals surface area contributed by atoms with Crippen LogP contribution in [-0.4, -0.2) is 30.9 Å². The topological polar surface area (TPSA) is 56.1 Å². The molecule has 82 valence electrons. The summed E-state index contributed by atoms with van der Waals surface area (Å²) in [5.41, 5.74) is 1.13. The highest BCUT2D eigenvalue weighted by Crippen LogP contribution is 2.24. The van der Waals surface area contributed by atoms with E-state index >= 15 is 0 Å². The van der Waals surface area contributed by atoms with Crippen LogP contribution in [0.5, 0.6) is 0 Å². The van der Waals surface area contributed by atoms with E-state index in [4.69, 9.17) is 5.26 Å². The zero-order valence-electron chi connectivity index (χ0n) is 9.50. The first-order valence-corrected chi connectivity index (χ1v) is 5.23. The molecule has 0 unspecified atom stereocenters. The monoisotopic (exact) mass is 207 g/mol. The average Bonchev–Trinajstić information content (AvgIpc) is 2.13. The van der Waals surface area contributed by atoms with E-state index in [0.29, 0.717) is 0 Å². The highest BCUT2D eigenvalue weighted by molar-refractivity contribution is 5.97.